The third-order valence-corrected chi connectivity index (χ3v) is 5.38. The summed E-state index contributed by atoms with van der Waals surface area (Å²) in [5.74, 6) is 0.944. The highest BCUT2D eigenvalue weighted by molar-refractivity contribution is 6.47. The molecule has 0 aromatic heterocycles. The number of likely N-dealkylation sites (N-methyl/N-ethyl adjacent to an activating group) is 1. The van der Waals surface area contributed by atoms with Crippen LogP contribution in [0, 0.1) is 0 Å². The van der Waals surface area contributed by atoms with E-state index < -0.39 is 0 Å². The maximum atomic E-state index is 12.3. The second-order valence-corrected chi connectivity index (χ2v) is 8.18. The smallest absolute Gasteiger partial charge is 0.273 e. The Labute approximate surface area is 226 Å². The second-order valence-electron chi connectivity index (χ2n) is 7.75. The van der Waals surface area contributed by atoms with Crippen molar-refractivity contribution in [3.05, 3.63) is 94.5 Å². The molecule has 0 radical (unpaired) electrons. The molecule has 0 heterocycles. The summed E-state index contributed by atoms with van der Waals surface area (Å²) in [7, 11) is 2.90. The van der Waals surface area contributed by atoms with Crippen LogP contribution in [0.2, 0.25) is 5.02 Å². The third kappa shape index (κ3) is 7.81. The minimum atomic E-state index is -0.381. The molecule has 0 fully saturated rings. The number of halogens is 1. The number of rotatable bonds is 12. The lowest BCUT2D eigenvalue weighted by molar-refractivity contribution is -0.114. The number of nitrogens with zero attached hydrogens (tertiary/aromatic N) is 3. The van der Waals surface area contributed by atoms with E-state index in [4.69, 9.17) is 30.9 Å². The second kappa shape index (κ2) is 14.4. The first-order valence-corrected chi connectivity index (χ1v) is 12.2. The summed E-state index contributed by atoms with van der Waals surface area (Å²) in [4.78, 5) is 28.1. The quantitative estimate of drug-likeness (QED) is 0.241. The zero-order valence-electron chi connectivity index (χ0n) is 21.6. The SMILES string of the molecule is CCON=C(C(C)=NOCc1ccccc1C(=NOC)C(=O)NC)c1ccc(Oc2ccc(Cl)cc2)cc1. The molecule has 10 heteroatoms. The Kier molecular flexibility index (Phi) is 10.7. The van der Waals surface area contributed by atoms with Gasteiger partial charge in [0.1, 0.15) is 43.2 Å². The molecule has 9 nitrogen and oxygen atoms in total. The van der Waals surface area contributed by atoms with Gasteiger partial charge in [0.25, 0.3) is 5.91 Å². The molecular formula is C28H29ClN4O5. The molecule has 0 unspecified atom stereocenters. The number of ether oxygens (including phenoxy) is 1. The average Bonchev–Trinajstić information content (AvgIpc) is 2.94. The van der Waals surface area contributed by atoms with Gasteiger partial charge in [-0.2, -0.15) is 0 Å². The van der Waals surface area contributed by atoms with Crippen LogP contribution < -0.4 is 10.1 Å². The number of carbonyl (C=O) groups excluding carboxylic acids is 1. The van der Waals surface area contributed by atoms with Gasteiger partial charge in [-0.05, 0) is 62.4 Å². The molecule has 3 aromatic rings. The van der Waals surface area contributed by atoms with E-state index in [1.807, 2.05) is 43.3 Å². The van der Waals surface area contributed by atoms with Crippen LogP contribution >= 0.6 is 11.6 Å². The molecule has 0 saturated heterocycles. The van der Waals surface area contributed by atoms with E-state index in [0.29, 0.717) is 45.7 Å². The number of hydrogen-bond donors (Lipinski definition) is 1. The predicted molar refractivity (Wildman–Crippen MR) is 148 cm³/mol. The highest BCUT2D eigenvalue weighted by Gasteiger charge is 2.18. The third-order valence-electron chi connectivity index (χ3n) is 5.12. The summed E-state index contributed by atoms with van der Waals surface area (Å²) in [5.41, 5.74) is 3.18. The Morgan fingerprint density at radius 1 is 0.868 bits per heavy atom. The molecular weight excluding hydrogens is 508 g/mol. The largest absolute Gasteiger partial charge is 0.457 e. The summed E-state index contributed by atoms with van der Waals surface area (Å²) in [6.07, 6.45) is 0. The average molecular weight is 537 g/mol. The van der Waals surface area contributed by atoms with E-state index in [1.165, 1.54) is 14.2 Å². The van der Waals surface area contributed by atoms with Gasteiger partial charge < -0.3 is 24.6 Å². The van der Waals surface area contributed by atoms with Crippen LogP contribution in [0.4, 0.5) is 0 Å². The molecule has 0 spiro atoms. The van der Waals surface area contributed by atoms with Gasteiger partial charge in [-0.3, -0.25) is 4.79 Å². The first-order valence-electron chi connectivity index (χ1n) is 11.8. The van der Waals surface area contributed by atoms with Gasteiger partial charge in [-0.25, -0.2) is 0 Å². The Morgan fingerprint density at radius 2 is 1.53 bits per heavy atom. The lowest BCUT2D eigenvalue weighted by atomic mass is 10.0. The van der Waals surface area contributed by atoms with E-state index in [-0.39, 0.29) is 18.2 Å². The monoisotopic (exact) mass is 536 g/mol. The number of carbonyl (C=O) groups is 1. The zero-order valence-corrected chi connectivity index (χ0v) is 22.4. The summed E-state index contributed by atoms with van der Waals surface area (Å²) in [6.45, 7) is 4.09. The van der Waals surface area contributed by atoms with Crippen LogP contribution in [-0.2, 0) is 25.9 Å². The lowest BCUT2D eigenvalue weighted by Crippen LogP contribution is -2.29. The summed E-state index contributed by atoms with van der Waals surface area (Å²) >= 11 is 5.94. The highest BCUT2D eigenvalue weighted by Crippen LogP contribution is 2.23. The van der Waals surface area contributed by atoms with E-state index in [2.05, 4.69) is 20.8 Å². The molecule has 0 atom stereocenters. The summed E-state index contributed by atoms with van der Waals surface area (Å²) in [6, 6.07) is 21.7. The minimum absolute atomic E-state index is 0.0863. The van der Waals surface area contributed by atoms with E-state index in [9.17, 15) is 4.79 Å². The van der Waals surface area contributed by atoms with Crippen molar-refractivity contribution in [2.24, 2.45) is 15.5 Å². The summed E-state index contributed by atoms with van der Waals surface area (Å²) < 4.78 is 5.86. The molecule has 3 rings (SSSR count). The molecule has 0 aliphatic carbocycles. The standard InChI is InChI=1S/C28H29ClN4O5/c1-5-36-33-26(20-10-14-23(15-11-20)38-24-16-12-22(29)13-17-24)19(2)31-37-18-21-8-6-7-9-25(21)27(32-35-4)28(34)30-3/h6-17H,5,18H2,1-4H3,(H,30,34). The van der Waals surface area contributed by atoms with Gasteiger partial charge in [0.05, 0.1) is 0 Å². The molecule has 0 aliphatic heterocycles. The molecule has 198 valence electrons. The van der Waals surface area contributed by atoms with Crippen molar-refractivity contribution in [1.29, 1.82) is 0 Å². The number of hydrogen-bond acceptors (Lipinski definition) is 8. The molecule has 0 saturated carbocycles. The number of oxime groups is 3. The van der Waals surface area contributed by atoms with Crippen LogP contribution in [0.3, 0.4) is 0 Å². The van der Waals surface area contributed by atoms with Crippen LogP contribution in [-0.4, -0.2) is 43.8 Å². The van der Waals surface area contributed by atoms with Gasteiger partial charge in [0, 0.05) is 28.8 Å². The Morgan fingerprint density at radius 3 is 2.16 bits per heavy atom. The Balaban J connectivity index is 1.77. The van der Waals surface area contributed by atoms with Gasteiger partial charge >= 0.3 is 0 Å². The number of benzene rings is 3. The van der Waals surface area contributed by atoms with Crippen molar-refractivity contribution in [2.75, 3.05) is 20.8 Å². The van der Waals surface area contributed by atoms with Crippen molar-refractivity contribution in [3.63, 3.8) is 0 Å². The summed E-state index contributed by atoms with van der Waals surface area (Å²) in [5, 5.41) is 15.5. The molecule has 3 aromatic carbocycles. The van der Waals surface area contributed by atoms with Crippen molar-refractivity contribution in [2.45, 2.75) is 20.5 Å². The maximum absolute atomic E-state index is 12.3. The van der Waals surface area contributed by atoms with Crippen molar-refractivity contribution < 1.29 is 24.0 Å². The number of nitrogens with one attached hydrogen (secondary N) is 1. The predicted octanol–water partition coefficient (Wildman–Crippen LogP) is 5.56. The molecule has 0 bridgehead atoms. The van der Waals surface area contributed by atoms with Crippen molar-refractivity contribution in [3.8, 4) is 11.5 Å². The lowest BCUT2D eigenvalue weighted by Gasteiger charge is -2.11. The van der Waals surface area contributed by atoms with Crippen molar-refractivity contribution in [1.82, 2.24) is 5.32 Å². The Hall–Kier alpha value is -4.37. The zero-order chi connectivity index (χ0) is 27.3. The number of amides is 1. The maximum Gasteiger partial charge on any atom is 0.273 e. The Bertz CT molecular complexity index is 1310. The van der Waals surface area contributed by atoms with Gasteiger partial charge in [-0.15, -0.1) is 0 Å². The van der Waals surface area contributed by atoms with E-state index in [1.54, 1.807) is 43.3 Å². The van der Waals surface area contributed by atoms with Crippen LogP contribution in [0.5, 0.6) is 11.5 Å². The molecule has 0 aliphatic rings. The molecule has 38 heavy (non-hydrogen) atoms. The fourth-order valence-electron chi connectivity index (χ4n) is 3.32. The fraction of sp³-hybridized carbons (Fsp3) is 0.214. The van der Waals surface area contributed by atoms with Crippen LogP contribution in [0.25, 0.3) is 0 Å². The van der Waals surface area contributed by atoms with E-state index >= 15 is 0 Å². The topological polar surface area (TPSA) is 103 Å². The first kappa shape index (κ1) is 28.2. The van der Waals surface area contributed by atoms with Gasteiger partial charge in [-0.1, -0.05) is 51.3 Å². The first-order chi connectivity index (χ1) is 18.5. The molecule has 1 amide bonds. The molecule has 1 N–H and O–H groups in total. The van der Waals surface area contributed by atoms with Crippen LogP contribution in [0.15, 0.2) is 88.3 Å². The normalized spacial score (nSPS) is 12.1. The van der Waals surface area contributed by atoms with Crippen LogP contribution in [0.1, 0.15) is 30.5 Å². The van der Waals surface area contributed by atoms with E-state index in [0.717, 1.165) is 5.56 Å². The highest BCUT2D eigenvalue weighted by atomic mass is 35.5. The van der Waals surface area contributed by atoms with Gasteiger partial charge in [0.2, 0.25) is 0 Å². The van der Waals surface area contributed by atoms with Gasteiger partial charge in [0.15, 0.2) is 5.71 Å². The fourth-order valence-corrected chi connectivity index (χ4v) is 3.44. The van der Waals surface area contributed by atoms with Crippen molar-refractivity contribution >= 4 is 34.6 Å². The minimum Gasteiger partial charge on any atom is -0.457 e.